The van der Waals surface area contributed by atoms with Gasteiger partial charge >= 0.3 is 0 Å². The van der Waals surface area contributed by atoms with E-state index >= 15 is 0 Å². The van der Waals surface area contributed by atoms with Crippen LogP contribution < -0.4 is 10.1 Å². The zero-order valence-corrected chi connectivity index (χ0v) is 14.2. The predicted octanol–water partition coefficient (Wildman–Crippen LogP) is 3.52. The van der Waals surface area contributed by atoms with Gasteiger partial charge in [-0.25, -0.2) is 0 Å². The monoisotopic (exact) mass is 350 g/mol. The number of ether oxygens (including phenoxy) is 1. The Hall–Kier alpha value is -1.05. The number of nitrogens with zero attached hydrogens (tertiary/aromatic N) is 1. The molecule has 1 aliphatic rings. The summed E-state index contributed by atoms with van der Waals surface area (Å²) in [5.41, 5.74) is 0.929. The summed E-state index contributed by atoms with van der Waals surface area (Å²) in [7, 11) is 0. The molecule has 1 aromatic rings. The number of pyridine rings is 1. The van der Waals surface area contributed by atoms with Gasteiger partial charge in [-0.2, -0.15) is 0 Å². The Labute approximate surface area is 136 Å². The molecule has 1 N–H and O–H groups in total. The molecule has 0 aromatic carbocycles. The van der Waals surface area contributed by atoms with Crippen LogP contribution >= 0.6 is 15.9 Å². The molecule has 1 aromatic heterocycles. The first kappa shape index (κ1) is 16.3. The first-order chi connectivity index (χ1) is 10.3. The standard InChI is InChI=1S/C17H23BrN2O/c1-14(17-8-6-10-20-17)21-16-11-15(12-19-13-16)7-4-2-3-5-9-18/h11-14,17,20H,2-3,5-6,8-10H2,1H3. The van der Waals surface area contributed by atoms with E-state index in [-0.39, 0.29) is 6.10 Å². The molecule has 0 aliphatic carbocycles. The van der Waals surface area contributed by atoms with Crippen LogP contribution in [0.15, 0.2) is 18.5 Å². The largest absolute Gasteiger partial charge is 0.487 e. The Balaban J connectivity index is 1.87. The molecule has 0 spiro atoms. The molecule has 2 unspecified atom stereocenters. The van der Waals surface area contributed by atoms with Gasteiger partial charge in [-0.3, -0.25) is 4.98 Å². The highest BCUT2D eigenvalue weighted by atomic mass is 79.9. The Morgan fingerprint density at radius 1 is 1.48 bits per heavy atom. The van der Waals surface area contributed by atoms with Crippen molar-refractivity contribution in [3.63, 3.8) is 0 Å². The zero-order valence-electron chi connectivity index (χ0n) is 12.6. The van der Waals surface area contributed by atoms with Crippen LogP contribution in [0, 0.1) is 11.8 Å². The minimum absolute atomic E-state index is 0.163. The van der Waals surface area contributed by atoms with E-state index in [0.29, 0.717) is 6.04 Å². The van der Waals surface area contributed by atoms with Crippen LogP contribution in [0.5, 0.6) is 5.75 Å². The molecule has 2 heterocycles. The van der Waals surface area contributed by atoms with Gasteiger partial charge in [0.05, 0.1) is 6.20 Å². The molecule has 0 bridgehead atoms. The highest BCUT2D eigenvalue weighted by Gasteiger charge is 2.22. The molecular formula is C17H23BrN2O. The molecule has 114 valence electrons. The average molecular weight is 351 g/mol. The van der Waals surface area contributed by atoms with Crippen LogP contribution in [0.25, 0.3) is 0 Å². The number of halogens is 1. The van der Waals surface area contributed by atoms with Crippen LogP contribution in [-0.4, -0.2) is 29.0 Å². The lowest BCUT2D eigenvalue weighted by atomic mass is 10.1. The minimum Gasteiger partial charge on any atom is -0.487 e. The number of rotatable bonds is 6. The summed E-state index contributed by atoms with van der Waals surface area (Å²) in [5, 5.41) is 4.52. The van der Waals surface area contributed by atoms with E-state index < -0.39 is 0 Å². The lowest BCUT2D eigenvalue weighted by Crippen LogP contribution is -2.36. The Kier molecular flexibility index (Phi) is 7.05. The highest BCUT2D eigenvalue weighted by molar-refractivity contribution is 9.09. The van der Waals surface area contributed by atoms with Crippen LogP contribution in [0.3, 0.4) is 0 Å². The number of hydrogen-bond donors (Lipinski definition) is 1. The average Bonchev–Trinajstić information content (AvgIpc) is 3.02. The van der Waals surface area contributed by atoms with Crippen molar-refractivity contribution in [2.24, 2.45) is 0 Å². The van der Waals surface area contributed by atoms with E-state index in [0.717, 1.165) is 36.0 Å². The molecule has 1 fully saturated rings. The van der Waals surface area contributed by atoms with Crippen LogP contribution in [-0.2, 0) is 0 Å². The summed E-state index contributed by atoms with van der Waals surface area (Å²) in [6.07, 6.45) is 9.37. The molecular weight excluding hydrogens is 328 g/mol. The third kappa shape index (κ3) is 5.68. The quantitative estimate of drug-likeness (QED) is 0.484. The fourth-order valence-electron chi connectivity index (χ4n) is 2.43. The summed E-state index contributed by atoms with van der Waals surface area (Å²) in [4.78, 5) is 4.22. The van der Waals surface area contributed by atoms with Gasteiger partial charge in [0.1, 0.15) is 11.9 Å². The smallest absolute Gasteiger partial charge is 0.139 e. The number of unbranched alkanes of at least 4 members (excludes halogenated alkanes) is 2. The van der Waals surface area contributed by atoms with Gasteiger partial charge in [0.25, 0.3) is 0 Å². The van der Waals surface area contributed by atoms with E-state index in [1.165, 1.54) is 19.3 Å². The Morgan fingerprint density at radius 2 is 2.38 bits per heavy atom. The summed E-state index contributed by atoms with van der Waals surface area (Å²) >= 11 is 3.43. The van der Waals surface area contributed by atoms with Crippen LogP contribution in [0.1, 0.15) is 44.6 Å². The lowest BCUT2D eigenvalue weighted by Gasteiger charge is -2.20. The first-order valence-electron chi connectivity index (χ1n) is 7.69. The molecule has 2 rings (SSSR count). The first-order valence-corrected chi connectivity index (χ1v) is 8.81. The maximum Gasteiger partial charge on any atom is 0.139 e. The summed E-state index contributed by atoms with van der Waals surface area (Å²) < 4.78 is 5.98. The molecule has 0 amide bonds. The maximum atomic E-state index is 5.98. The highest BCUT2D eigenvalue weighted by Crippen LogP contribution is 2.17. The van der Waals surface area contributed by atoms with E-state index in [9.17, 15) is 0 Å². The molecule has 1 aliphatic heterocycles. The molecule has 0 saturated carbocycles. The molecule has 21 heavy (non-hydrogen) atoms. The number of hydrogen-bond acceptors (Lipinski definition) is 3. The van der Waals surface area contributed by atoms with Crippen molar-refractivity contribution in [2.75, 3.05) is 11.9 Å². The van der Waals surface area contributed by atoms with Crippen molar-refractivity contribution in [3.8, 4) is 17.6 Å². The summed E-state index contributed by atoms with van der Waals surface area (Å²) in [5.74, 6) is 7.17. The van der Waals surface area contributed by atoms with Crippen molar-refractivity contribution in [1.82, 2.24) is 10.3 Å². The van der Waals surface area contributed by atoms with Crippen molar-refractivity contribution in [1.29, 1.82) is 0 Å². The SMILES string of the molecule is CC(Oc1cncc(C#CCCCCBr)c1)C1CCCN1. The second kappa shape index (κ2) is 9.07. The second-order valence-electron chi connectivity index (χ2n) is 5.38. The van der Waals surface area contributed by atoms with Crippen molar-refractivity contribution in [3.05, 3.63) is 24.0 Å². The molecule has 2 atom stereocenters. The zero-order chi connectivity index (χ0) is 14.9. The van der Waals surface area contributed by atoms with Crippen LogP contribution in [0.2, 0.25) is 0 Å². The van der Waals surface area contributed by atoms with Gasteiger partial charge in [-0.15, -0.1) is 0 Å². The van der Waals surface area contributed by atoms with Gasteiger partial charge in [0.15, 0.2) is 0 Å². The van der Waals surface area contributed by atoms with E-state index in [1.807, 2.05) is 6.07 Å². The molecule has 0 radical (unpaired) electrons. The summed E-state index contributed by atoms with van der Waals surface area (Å²) in [6.45, 7) is 3.21. The van der Waals surface area contributed by atoms with Gasteiger partial charge in [0, 0.05) is 29.6 Å². The van der Waals surface area contributed by atoms with E-state index in [4.69, 9.17) is 4.74 Å². The van der Waals surface area contributed by atoms with E-state index in [2.05, 4.69) is 45.0 Å². The number of nitrogens with one attached hydrogen (secondary N) is 1. The maximum absolute atomic E-state index is 5.98. The third-order valence-electron chi connectivity index (χ3n) is 3.62. The molecule has 4 heteroatoms. The minimum atomic E-state index is 0.163. The fraction of sp³-hybridized carbons (Fsp3) is 0.588. The lowest BCUT2D eigenvalue weighted by molar-refractivity contribution is 0.179. The predicted molar refractivity (Wildman–Crippen MR) is 89.9 cm³/mol. The van der Waals surface area contributed by atoms with Crippen molar-refractivity contribution >= 4 is 15.9 Å². The van der Waals surface area contributed by atoms with Crippen LogP contribution in [0.4, 0.5) is 0 Å². The Morgan fingerprint density at radius 3 is 3.14 bits per heavy atom. The number of alkyl halides is 1. The molecule has 3 nitrogen and oxygen atoms in total. The Bertz CT molecular complexity index is 489. The second-order valence-corrected chi connectivity index (χ2v) is 6.18. The third-order valence-corrected chi connectivity index (χ3v) is 4.18. The fourth-order valence-corrected chi connectivity index (χ4v) is 2.83. The van der Waals surface area contributed by atoms with Crippen molar-refractivity contribution in [2.45, 2.75) is 51.2 Å². The normalized spacial score (nSPS) is 18.9. The summed E-state index contributed by atoms with van der Waals surface area (Å²) in [6, 6.07) is 2.43. The topological polar surface area (TPSA) is 34.1 Å². The van der Waals surface area contributed by atoms with Crippen molar-refractivity contribution < 1.29 is 4.74 Å². The van der Waals surface area contributed by atoms with Gasteiger partial charge in [-0.1, -0.05) is 27.8 Å². The van der Waals surface area contributed by atoms with Gasteiger partial charge < -0.3 is 10.1 Å². The molecule has 1 saturated heterocycles. The van der Waals surface area contributed by atoms with Gasteiger partial charge in [-0.05, 0) is 45.2 Å². The number of aromatic nitrogens is 1. The van der Waals surface area contributed by atoms with E-state index in [1.54, 1.807) is 12.4 Å². The van der Waals surface area contributed by atoms with Gasteiger partial charge in [0.2, 0.25) is 0 Å².